The van der Waals surface area contributed by atoms with E-state index < -0.39 is 0 Å². The lowest BCUT2D eigenvalue weighted by Gasteiger charge is -2.12. The number of aromatic nitrogens is 4. The van der Waals surface area contributed by atoms with Crippen molar-refractivity contribution in [3.8, 4) is 11.4 Å². The van der Waals surface area contributed by atoms with Crippen LogP contribution in [0.25, 0.3) is 16.9 Å². The van der Waals surface area contributed by atoms with Gasteiger partial charge in [0.15, 0.2) is 11.5 Å². The highest BCUT2D eigenvalue weighted by atomic mass is 16.5. The second-order valence-electron chi connectivity index (χ2n) is 6.31. The molecule has 0 radical (unpaired) electrons. The molecule has 0 unspecified atom stereocenters. The van der Waals surface area contributed by atoms with Gasteiger partial charge in [-0.15, -0.1) is 0 Å². The Hall–Kier alpha value is -3.16. The van der Waals surface area contributed by atoms with Gasteiger partial charge in [0.2, 0.25) is 6.41 Å². The molecule has 0 bridgehead atoms. The molecule has 1 saturated carbocycles. The third-order valence-electron chi connectivity index (χ3n) is 4.80. The third-order valence-corrected chi connectivity index (χ3v) is 4.80. The highest BCUT2D eigenvalue weighted by Gasteiger charge is 2.24. The Morgan fingerprint density at radius 2 is 2.04 bits per heavy atom. The smallest absolute Gasteiger partial charge is 0.332 e. The minimum atomic E-state index is -0.365. The fourth-order valence-corrected chi connectivity index (χ4v) is 3.57. The molecule has 1 aliphatic rings. The van der Waals surface area contributed by atoms with Crippen molar-refractivity contribution in [2.24, 2.45) is 0 Å². The Kier molecular flexibility index (Phi) is 4.16. The van der Waals surface area contributed by atoms with Gasteiger partial charge in [0.1, 0.15) is 17.1 Å². The molecule has 2 N–H and O–H groups in total. The van der Waals surface area contributed by atoms with Crippen molar-refractivity contribution < 1.29 is 9.53 Å². The van der Waals surface area contributed by atoms with Crippen LogP contribution in [0.2, 0.25) is 0 Å². The number of carbonyl (C=O) groups excluding carboxylic acids is 1. The van der Waals surface area contributed by atoms with E-state index in [0.717, 1.165) is 25.7 Å². The van der Waals surface area contributed by atoms with E-state index in [-0.39, 0.29) is 11.6 Å². The number of ether oxygens (including phenoxy) is 1. The van der Waals surface area contributed by atoms with Crippen molar-refractivity contribution in [3.63, 3.8) is 0 Å². The van der Waals surface area contributed by atoms with Gasteiger partial charge in [-0.25, -0.2) is 19.3 Å². The number of rotatable bonds is 5. The molecule has 1 fully saturated rings. The number of benzene rings is 1. The van der Waals surface area contributed by atoms with Crippen molar-refractivity contribution in [1.29, 1.82) is 0 Å². The largest absolute Gasteiger partial charge is 0.495 e. The van der Waals surface area contributed by atoms with Gasteiger partial charge in [0.05, 0.1) is 12.8 Å². The molecule has 2 heterocycles. The van der Waals surface area contributed by atoms with Gasteiger partial charge in [-0.05, 0) is 25.0 Å². The summed E-state index contributed by atoms with van der Waals surface area (Å²) in [5.41, 5.74) is 1.05. The lowest BCUT2D eigenvalue weighted by atomic mass is 10.1. The van der Waals surface area contributed by atoms with E-state index in [0.29, 0.717) is 40.7 Å². The Bertz CT molecular complexity index is 1020. The van der Waals surface area contributed by atoms with Crippen LogP contribution in [-0.4, -0.2) is 33.0 Å². The van der Waals surface area contributed by atoms with Crippen molar-refractivity contribution in [1.82, 2.24) is 19.5 Å². The first-order chi connectivity index (χ1) is 12.7. The first kappa shape index (κ1) is 16.3. The predicted octanol–water partition coefficient (Wildman–Crippen LogP) is 2.34. The Balaban J connectivity index is 2.00. The number of para-hydroxylation sites is 2. The molecular formula is C18H19N5O3. The van der Waals surface area contributed by atoms with Crippen LogP contribution in [0.5, 0.6) is 5.75 Å². The summed E-state index contributed by atoms with van der Waals surface area (Å²) in [6.07, 6.45) is 4.84. The SMILES string of the molecule is COc1ccccc1-n1c(=O)[nH]c2c(NC=O)nc(C3CCCC3)nc21. The van der Waals surface area contributed by atoms with Crippen LogP contribution in [0.15, 0.2) is 29.1 Å². The van der Waals surface area contributed by atoms with E-state index in [4.69, 9.17) is 4.74 Å². The number of hydrogen-bond acceptors (Lipinski definition) is 5. The maximum absolute atomic E-state index is 12.7. The van der Waals surface area contributed by atoms with Crippen molar-refractivity contribution in [2.75, 3.05) is 12.4 Å². The molecule has 8 nitrogen and oxygen atoms in total. The van der Waals surface area contributed by atoms with Gasteiger partial charge >= 0.3 is 5.69 Å². The number of aromatic amines is 1. The Morgan fingerprint density at radius 1 is 1.27 bits per heavy atom. The molecule has 0 spiro atoms. The topological polar surface area (TPSA) is 102 Å². The standard InChI is InChI=1S/C18H19N5O3/c1-26-13-9-5-4-8-12(13)23-17-14(20-18(23)25)16(19-10-24)21-15(22-17)11-6-2-3-7-11/h4-5,8-11H,2-3,6-7H2,1H3,(H,20,25)(H,19,21,22,24). The summed E-state index contributed by atoms with van der Waals surface area (Å²) in [4.78, 5) is 35.6. The van der Waals surface area contributed by atoms with Crippen LogP contribution in [0, 0.1) is 0 Å². The maximum Gasteiger partial charge on any atom is 0.332 e. The molecule has 0 aliphatic heterocycles. The molecule has 0 atom stereocenters. The van der Waals surface area contributed by atoms with Gasteiger partial charge < -0.3 is 15.0 Å². The quantitative estimate of drug-likeness (QED) is 0.686. The fourth-order valence-electron chi connectivity index (χ4n) is 3.57. The number of hydrogen-bond donors (Lipinski definition) is 2. The van der Waals surface area contributed by atoms with Gasteiger partial charge in [-0.3, -0.25) is 4.79 Å². The zero-order valence-electron chi connectivity index (χ0n) is 14.4. The predicted molar refractivity (Wildman–Crippen MR) is 96.9 cm³/mol. The molecule has 3 aromatic rings. The van der Waals surface area contributed by atoms with Crippen LogP contribution in [0.4, 0.5) is 5.82 Å². The second-order valence-corrected chi connectivity index (χ2v) is 6.31. The minimum Gasteiger partial charge on any atom is -0.495 e. The van der Waals surface area contributed by atoms with E-state index in [9.17, 15) is 9.59 Å². The van der Waals surface area contributed by atoms with E-state index in [1.54, 1.807) is 19.2 Å². The van der Waals surface area contributed by atoms with E-state index in [1.807, 2.05) is 12.1 Å². The van der Waals surface area contributed by atoms with E-state index >= 15 is 0 Å². The van der Waals surface area contributed by atoms with Crippen LogP contribution < -0.4 is 15.7 Å². The monoisotopic (exact) mass is 353 g/mol. The van der Waals surface area contributed by atoms with Crippen molar-refractivity contribution >= 4 is 23.4 Å². The summed E-state index contributed by atoms with van der Waals surface area (Å²) in [5, 5.41) is 2.59. The normalized spacial score (nSPS) is 14.7. The zero-order chi connectivity index (χ0) is 18.1. The summed E-state index contributed by atoms with van der Waals surface area (Å²) in [7, 11) is 1.55. The molecule has 1 aromatic carbocycles. The van der Waals surface area contributed by atoms with Gasteiger partial charge in [0.25, 0.3) is 0 Å². The number of methoxy groups -OCH3 is 1. The number of H-pyrrole nitrogens is 1. The highest BCUT2D eigenvalue weighted by molar-refractivity contribution is 5.89. The van der Waals surface area contributed by atoms with E-state index in [1.165, 1.54) is 4.57 Å². The van der Waals surface area contributed by atoms with Crippen LogP contribution >= 0.6 is 0 Å². The zero-order valence-corrected chi connectivity index (χ0v) is 14.4. The number of amides is 1. The van der Waals surface area contributed by atoms with Gasteiger partial charge in [0, 0.05) is 5.92 Å². The number of nitrogens with one attached hydrogen (secondary N) is 2. The Labute approximate surface area is 149 Å². The fraction of sp³-hybridized carbons (Fsp3) is 0.333. The average molecular weight is 353 g/mol. The number of imidazole rings is 1. The van der Waals surface area contributed by atoms with Gasteiger partial charge in [-0.2, -0.15) is 0 Å². The second kappa shape index (κ2) is 6.62. The molecule has 0 saturated heterocycles. The summed E-state index contributed by atoms with van der Waals surface area (Å²) in [6.45, 7) is 0. The molecule has 1 aliphatic carbocycles. The van der Waals surface area contributed by atoms with Crippen molar-refractivity contribution in [2.45, 2.75) is 31.6 Å². The van der Waals surface area contributed by atoms with Crippen LogP contribution in [0.3, 0.4) is 0 Å². The first-order valence-corrected chi connectivity index (χ1v) is 8.59. The molecule has 26 heavy (non-hydrogen) atoms. The average Bonchev–Trinajstić information content (AvgIpc) is 3.29. The number of anilines is 1. The van der Waals surface area contributed by atoms with Crippen LogP contribution in [0.1, 0.15) is 37.4 Å². The van der Waals surface area contributed by atoms with Crippen molar-refractivity contribution in [3.05, 3.63) is 40.6 Å². The Morgan fingerprint density at radius 3 is 2.77 bits per heavy atom. The summed E-state index contributed by atoms with van der Waals surface area (Å²) < 4.78 is 6.85. The summed E-state index contributed by atoms with van der Waals surface area (Å²) in [6, 6.07) is 7.23. The number of carbonyl (C=O) groups is 1. The lowest BCUT2D eigenvalue weighted by Crippen LogP contribution is -2.16. The number of fused-ring (bicyclic) bond motifs is 1. The molecular weight excluding hydrogens is 334 g/mol. The summed E-state index contributed by atoms with van der Waals surface area (Å²) in [5.74, 6) is 1.77. The molecule has 1 amide bonds. The highest BCUT2D eigenvalue weighted by Crippen LogP contribution is 2.34. The molecule has 2 aromatic heterocycles. The minimum absolute atomic E-state index is 0.239. The third kappa shape index (κ3) is 2.63. The molecule has 134 valence electrons. The number of nitrogens with zero attached hydrogens (tertiary/aromatic N) is 3. The summed E-state index contributed by atoms with van der Waals surface area (Å²) >= 11 is 0. The van der Waals surface area contributed by atoms with E-state index in [2.05, 4.69) is 20.3 Å². The van der Waals surface area contributed by atoms with Crippen LogP contribution in [-0.2, 0) is 4.79 Å². The molecule has 4 rings (SSSR count). The maximum atomic E-state index is 12.7. The first-order valence-electron chi connectivity index (χ1n) is 8.59. The van der Waals surface area contributed by atoms with Gasteiger partial charge in [-0.1, -0.05) is 25.0 Å². The lowest BCUT2D eigenvalue weighted by molar-refractivity contribution is -0.105. The molecule has 8 heteroatoms.